The molecule has 0 radical (unpaired) electrons. The van der Waals surface area contributed by atoms with Gasteiger partial charge in [-0.2, -0.15) is 0 Å². The van der Waals surface area contributed by atoms with E-state index in [0.29, 0.717) is 29.2 Å². The van der Waals surface area contributed by atoms with E-state index in [2.05, 4.69) is 5.32 Å². The number of hydrogen-bond donors (Lipinski definition) is 2. The first-order valence-corrected chi connectivity index (χ1v) is 7.92. The molecule has 0 bridgehead atoms. The standard InChI is InChI=1S/C16H24ClNO3/c1-3-21-15-9-11(8-14(17)16(15)20-2)10-18-12-4-6-13(19)7-5-12/h8-9,12-13,18-19H,3-7,10H2,1-2H3. The number of rotatable bonds is 6. The van der Waals surface area contributed by atoms with Gasteiger partial charge in [-0.25, -0.2) is 0 Å². The van der Waals surface area contributed by atoms with Crippen molar-refractivity contribution in [1.82, 2.24) is 5.32 Å². The van der Waals surface area contributed by atoms with Gasteiger partial charge in [-0.05, 0) is 50.3 Å². The number of aliphatic hydroxyl groups is 1. The summed E-state index contributed by atoms with van der Waals surface area (Å²) in [5.74, 6) is 1.27. The van der Waals surface area contributed by atoms with Crippen LogP contribution in [0.1, 0.15) is 38.2 Å². The molecule has 1 aliphatic rings. The van der Waals surface area contributed by atoms with E-state index in [4.69, 9.17) is 21.1 Å². The topological polar surface area (TPSA) is 50.7 Å². The van der Waals surface area contributed by atoms with Crippen LogP contribution in [0.4, 0.5) is 0 Å². The molecule has 2 rings (SSSR count). The van der Waals surface area contributed by atoms with E-state index in [-0.39, 0.29) is 6.10 Å². The Balaban J connectivity index is 1.99. The molecule has 118 valence electrons. The van der Waals surface area contributed by atoms with Crippen LogP contribution in [0.2, 0.25) is 5.02 Å². The Morgan fingerprint density at radius 2 is 2.00 bits per heavy atom. The fraction of sp³-hybridized carbons (Fsp3) is 0.625. The maximum atomic E-state index is 9.53. The molecule has 1 saturated carbocycles. The summed E-state index contributed by atoms with van der Waals surface area (Å²) >= 11 is 6.25. The minimum absolute atomic E-state index is 0.122. The Morgan fingerprint density at radius 3 is 2.62 bits per heavy atom. The van der Waals surface area contributed by atoms with Crippen molar-refractivity contribution in [2.24, 2.45) is 0 Å². The summed E-state index contributed by atoms with van der Waals surface area (Å²) in [7, 11) is 1.59. The van der Waals surface area contributed by atoms with Gasteiger partial charge >= 0.3 is 0 Å². The smallest absolute Gasteiger partial charge is 0.179 e. The molecule has 4 nitrogen and oxygen atoms in total. The lowest BCUT2D eigenvalue weighted by Crippen LogP contribution is -2.34. The van der Waals surface area contributed by atoms with Gasteiger partial charge in [0.15, 0.2) is 11.5 Å². The van der Waals surface area contributed by atoms with E-state index in [1.807, 2.05) is 19.1 Å². The Labute approximate surface area is 131 Å². The van der Waals surface area contributed by atoms with Crippen molar-refractivity contribution in [3.8, 4) is 11.5 Å². The summed E-state index contributed by atoms with van der Waals surface area (Å²) < 4.78 is 10.9. The predicted octanol–water partition coefficient (Wildman–Crippen LogP) is 3.14. The maximum Gasteiger partial charge on any atom is 0.179 e. The summed E-state index contributed by atoms with van der Waals surface area (Å²) in [6.45, 7) is 3.25. The molecular weight excluding hydrogens is 290 g/mol. The van der Waals surface area contributed by atoms with Gasteiger partial charge in [0, 0.05) is 12.6 Å². The van der Waals surface area contributed by atoms with E-state index in [1.165, 1.54) is 0 Å². The molecule has 0 saturated heterocycles. The Morgan fingerprint density at radius 1 is 1.29 bits per heavy atom. The summed E-state index contributed by atoms with van der Waals surface area (Å²) in [4.78, 5) is 0. The van der Waals surface area contributed by atoms with Crippen LogP contribution in [0.15, 0.2) is 12.1 Å². The predicted molar refractivity (Wildman–Crippen MR) is 84.3 cm³/mol. The van der Waals surface area contributed by atoms with E-state index < -0.39 is 0 Å². The van der Waals surface area contributed by atoms with Crippen molar-refractivity contribution in [1.29, 1.82) is 0 Å². The first-order valence-electron chi connectivity index (χ1n) is 7.54. The molecule has 0 aromatic heterocycles. The third kappa shape index (κ3) is 4.50. The van der Waals surface area contributed by atoms with Crippen molar-refractivity contribution in [3.05, 3.63) is 22.7 Å². The van der Waals surface area contributed by atoms with Gasteiger partial charge in [-0.15, -0.1) is 0 Å². The van der Waals surface area contributed by atoms with Crippen LogP contribution in [0.3, 0.4) is 0 Å². The normalized spacial score (nSPS) is 22.1. The lowest BCUT2D eigenvalue weighted by atomic mass is 9.93. The second-order valence-corrected chi connectivity index (χ2v) is 5.84. The average Bonchev–Trinajstić information content (AvgIpc) is 2.47. The SMILES string of the molecule is CCOc1cc(CNC2CCC(O)CC2)cc(Cl)c1OC. The molecule has 0 heterocycles. The Kier molecular flexibility index (Phi) is 6.15. The zero-order chi connectivity index (χ0) is 15.2. The summed E-state index contributed by atoms with van der Waals surface area (Å²) in [6.07, 6.45) is 3.67. The van der Waals surface area contributed by atoms with Gasteiger partial charge in [-0.3, -0.25) is 0 Å². The van der Waals surface area contributed by atoms with E-state index in [1.54, 1.807) is 7.11 Å². The molecule has 0 atom stereocenters. The van der Waals surface area contributed by atoms with Crippen molar-refractivity contribution >= 4 is 11.6 Å². The highest BCUT2D eigenvalue weighted by Gasteiger charge is 2.19. The van der Waals surface area contributed by atoms with Gasteiger partial charge in [0.05, 0.1) is 24.8 Å². The van der Waals surface area contributed by atoms with Crippen LogP contribution in [-0.4, -0.2) is 31.0 Å². The van der Waals surface area contributed by atoms with E-state index in [9.17, 15) is 5.11 Å². The van der Waals surface area contributed by atoms with Gasteiger partial charge in [0.25, 0.3) is 0 Å². The van der Waals surface area contributed by atoms with Crippen molar-refractivity contribution < 1.29 is 14.6 Å². The van der Waals surface area contributed by atoms with Crippen molar-refractivity contribution in [2.75, 3.05) is 13.7 Å². The molecular formula is C16H24ClNO3. The fourth-order valence-corrected chi connectivity index (χ4v) is 3.04. The van der Waals surface area contributed by atoms with Gasteiger partial charge in [0.2, 0.25) is 0 Å². The molecule has 0 amide bonds. The van der Waals surface area contributed by atoms with Gasteiger partial charge in [0.1, 0.15) is 0 Å². The van der Waals surface area contributed by atoms with Crippen molar-refractivity contribution in [2.45, 2.75) is 51.3 Å². The maximum absolute atomic E-state index is 9.53. The minimum atomic E-state index is -0.122. The van der Waals surface area contributed by atoms with Crippen molar-refractivity contribution in [3.63, 3.8) is 0 Å². The first kappa shape index (κ1) is 16.4. The zero-order valence-corrected chi connectivity index (χ0v) is 13.4. The van der Waals surface area contributed by atoms with Crippen LogP contribution in [-0.2, 0) is 6.54 Å². The highest BCUT2D eigenvalue weighted by atomic mass is 35.5. The molecule has 1 aliphatic carbocycles. The monoisotopic (exact) mass is 313 g/mol. The first-order chi connectivity index (χ1) is 10.1. The minimum Gasteiger partial charge on any atom is -0.491 e. The van der Waals surface area contributed by atoms with E-state index >= 15 is 0 Å². The van der Waals surface area contributed by atoms with Crippen LogP contribution in [0, 0.1) is 0 Å². The number of benzene rings is 1. The summed E-state index contributed by atoms with van der Waals surface area (Å²) in [5.41, 5.74) is 1.08. The number of methoxy groups -OCH3 is 1. The fourth-order valence-electron chi connectivity index (χ4n) is 2.73. The average molecular weight is 314 g/mol. The number of ether oxygens (including phenoxy) is 2. The van der Waals surface area contributed by atoms with Crippen LogP contribution in [0.25, 0.3) is 0 Å². The molecule has 0 spiro atoms. The van der Waals surface area contributed by atoms with Gasteiger partial charge in [-0.1, -0.05) is 11.6 Å². The molecule has 2 N–H and O–H groups in total. The highest BCUT2D eigenvalue weighted by Crippen LogP contribution is 2.36. The molecule has 0 unspecified atom stereocenters. The number of nitrogens with one attached hydrogen (secondary N) is 1. The Bertz CT molecular complexity index is 459. The Hall–Kier alpha value is -0.970. The quantitative estimate of drug-likeness (QED) is 0.847. The molecule has 5 heteroatoms. The lowest BCUT2D eigenvalue weighted by molar-refractivity contribution is 0.116. The van der Waals surface area contributed by atoms with Crippen LogP contribution < -0.4 is 14.8 Å². The van der Waals surface area contributed by atoms with Gasteiger partial charge < -0.3 is 19.9 Å². The second kappa shape index (κ2) is 7.87. The number of hydrogen-bond acceptors (Lipinski definition) is 4. The lowest BCUT2D eigenvalue weighted by Gasteiger charge is -2.26. The third-order valence-corrected chi connectivity index (χ3v) is 4.15. The van der Waals surface area contributed by atoms with E-state index in [0.717, 1.165) is 37.8 Å². The molecule has 1 aromatic carbocycles. The third-order valence-electron chi connectivity index (χ3n) is 3.86. The molecule has 1 aromatic rings. The summed E-state index contributed by atoms with van der Waals surface area (Å²) in [5, 5.41) is 13.6. The highest BCUT2D eigenvalue weighted by molar-refractivity contribution is 6.32. The van der Waals surface area contributed by atoms with Crippen LogP contribution >= 0.6 is 11.6 Å². The largest absolute Gasteiger partial charge is 0.491 e. The molecule has 21 heavy (non-hydrogen) atoms. The summed E-state index contributed by atoms with van der Waals surface area (Å²) in [6, 6.07) is 4.34. The number of aliphatic hydroxyl groups excluding tert-OH is 1. The number of halogens is 1. The molecule has 0 aliphatic heterocycles. The second-order valence-electron chi connectivity index (χ2n) is 5.43. The zero-order valence-electron chi connectivity index (χ0n) is 12.7. The van der Waals surface area contributed by atoms with Crippen LogP contribution in [0.5, 0.6) is 11.5 Å². The molecule has 1 fully saturated rings.